The molecule has 0 unspecified atom stereocenters. The standard InChI is InChI=1S/C58H88N10O8/c1-35(59-9)51(71)65-49(57(3,4)5)55(75)67-33-39(31-45(67)53(73)63-43-27-19-23-37-21-15-17-25-41(37)43)61-47(69)29-13-11-12-14-30-48(70)62-40-32-46(54(74)64-44-28-20-24-38-22-16-18-26-42(38)44)68(34-40)56(76)50(58(6,7)8)66-52(72)36(2)60-10/h15-18,21-22,25-26,35-36,39-40,43-46,49-50,59-60H,11-14,19-20,23-24,27-34H2,1-10H3,(H,61,69)(H,62,70)(H,63,73)(H,64,74)(H,65,71)(H,66,72)/t35-,36-,39-,40-,43+,44+,45-,46-,49+,50+/m0/s1. The Kier molecular flexibility index (Phi) is 20.7. The van der Waals surface area contributed by atoms with E-state index < -0.39 is 59.2 Å². The van der Waals surface area contributed by atoms with Crippen LogP contribution >= 0.6 is 0 Å². The summed E-state index contributed by atoms with van der Waals surface area (Å²) < 4.78 is 0. The normalized spacial score (nSPS) is 22.9. The first-order chi connectivity index (χ1) is 36.0. The lowest BCUT2D eigenvalue weighted by molar-refractivity contribution is -0.144. The van der Waals surface area contributed by atoms with Gasteiger partial charge in [0.05, 0.1) is 24.2 Å². The molecule has 8 amide bonds. The minimum atomic E-state index is -0.928. The number of carbonyl (C=O) groups excluding carboxylic acids is 8. The van der Waals surface area contributed by atoms with Crippen LogP contribution in [0.25, 0.3) is 0 Å². The van der Waals surface area contributed by atoms with Crippen LogP contribution < -0.4 is 42.5 Å². The predicted octanol–water partition coefficient (Wildman–Crippen LogP) is 4.16. The molecule has 0 aromatic heterocycles. The molecule has 2 aliphatic carbocycles. The maximum atomic E-state index is 14.5. The molecule has 0 radical (unpaired) electrons. The van der Waals surface area contributed by atoms with Crippen LogP contribution in [0.5, 0.6) is 0 Å². The molecule has 4 aliphatic rings. The van der Waals surface area contributed by atoms with Gasteiger partial charge in [-0.15, -0.1) is 0 Å². The van der Waals surface area contributed by atoms with Crippen molar-refractivity contribution < 1.29 is 38.4 Å². The van der Waals surface area contributed by atoms with Crippen LogP contribution in [0.3, 0.4) is 0 Å². The van der Waals surface area contributed by atoms with Gasteiger partial charge in [-0.1, -0.05) is 103 Å². The quantitative estimate of drug-likeness (QED) is 0.0831. The molecule has 2 heterocycles. The lowest BCUT2D eigenvalue weighted by Crippen LogP contribution is -2.59. The predicted molar refractivity (Wildman–Crippen MR) is 292 cm³/mol. The first-order valence-corrected chi connectivity index (χ1v) is 27.9. The van der Waals surface area contributed by atoms with Gasteiger partial charge in [-0.2, -0.15) is 0 Å². The highest BCUT2D eigenvalue weighted by molar-refractivity contribution is 5.95. The van der Waals surface area contributed by atoms with Crippen molar-refractivity contribution in [3.05, 3.63) is 70.8 Å². The van der Waals surface area contributed by atoms with Crippen molar-refractivity contribution in [2.45, 2.75) is 206 Å². The molecule has 2 aliphatic heterocycles. The molecule has 10 atom stereocenters. The van der Waals surface area contributed by atoms with Crippen molar-refractivity contribution in [3.8, 4) is 0 Å². The molecule has 2 aromatic carbocycles. The Morgan fingerprint density at radius 3 is 1.26 bits per heavy atom. The third-order valence-corrected chi connectivity index (χ3v) is 15.9. The van der Waals surface area contributed by atoms with Crippen LogP contribution in [-0.4, -0.2) is 133 Å². The molecule has 18 heteroatoms. The Bertz CT molecular complexity index is 2240. The highest BCUT2D eigenvalue weighted by Crippen LogP contribution is 2.34. The average Bonchev–Trinajstić information content (AvgIpc) is 4.02. The van der Waals surface area contributed by atoms with Gasteiger partial charge in [0.15, 0.2) is 0 Å². The Balaban J connectivity index is 1.02. The second-order valence-corrected chi connectivity index (χ2v) is 23.9. The van der Waals surface area contributed by atoms with E-state index in [4.69, 9.17) is 0 Å². The number of hydrogen-bond donors (Lipinski definition) is 8. The molecule has 0 spiro atoms. The largest absolute Gasteiger partial charge is 0.351 e. The fourth-order valence-electron chi connectivity index (χ4n) is 11.2. The topological polar surface area (TPSA) is 239 Å². The van der Waals surface area contributed by atoms with E-state index in [1.54, 1.807) is 27.9 Å². The number of likely N-dealkylation sites (N-methyl/N-ethyl adjacent to an activating group) is 2. The fraction of sp³-hybridized carbons (Fsp3) is 0.655. The summed E-state index contributed by atoms with van der Waals surface area (Å²) in [7, 11) is 3.34. The monoisotopic (exact) mass is 1050 g/mol. The molecule has 418 valence electrons. The van der Waals surface area contributed by atoms with Gasteiger partial charge in [-0.3, -0.25) is 38.4 Å². The van der Waals surface area contributed by atoms with Crippen LogP contribution in [0.15, 0.2) is 48.5 Å². The molecule has 0 saturated carbocycles. The Morgan fingerprint density at radius 1 is 0.539 bits per heavy atom. The van der Waals surface area contributed by atoms with Gasteiger partial charge in [0.2, 0.25) is 47.3 Å². The number of nitrogens with zero attached hydrogens (tertiary/aromatic N) is 2. The molecule has 2 fully saturated rings. The van der Waals surface area contributed by atoms with Crippen LogP contribution in [0.4, 0.5) is 0 Å². The van der Waals surface area contributed by atoms with Crippen LogP contribution in [0, 0.1) is 10.8 Å². The Labute approximate surface area is 450 Å². The molecule has 2 aromatic rings. The van der Waals surface area contributed by atoms with E-state index in [1.807, 2.05) is 77.9 Å². The van der Waals surface area contributed by atoms with Crippen molar-refractivity contribution in [2.24, 2.45) is 10.8 Å². The van der Waals surface area contributed by atoms with E-state index in [1.165, 1.54) is 20.9 Å². The van der Waals surface area contributed by atoms with E-state index in [0.717, 1.165) is 49.7 Å². The molecular formula is C58H88N10O8. The van der Waals surface area contributed by atoms with Crippen molar-refractivity contribution >= 4 is 47.3 Å². The van der Waals surface area contributed by atoms with E-state index in [0.29, 0.717) is 25.7 Å². The summed E-state index contributed by atoms with van der Waals surface area (Å²) in [5.74, 6) is -2.41. The van der Waals surface area contributed by atoms with Crippen LogP contribution in [-0.2, 0) is 51.2 Å². The maximum Gasteiger partial charge on any atom is 0.246 e. The van der Waals surface area contributed by atoms with Gasteiger partial charge < -0.3 is 52.3 Å². The molecular weight excluding hydrogens is 965 g/mol. The highest BCUT2D eigenvalue weighted by atomic mass is 16.2. The molecule has 8 N–H and O–H groups in total. The van der Waals surface area contributed by atoms with Gasteiger partial charge in [0.1, 0.15) is 24.2 Å². The van der Waals surface area contributed by atoms with E-state index >= 15 is 0 Å². The first-order valence-electron chi connectivity index (χ1n) is 27.9. The zero-order valence-corrected chi connectivity index (χ0v) is 46.9. The minimum Gasteiger partial charge on any atom is -0.351 e. The summed E-state index contributed by atoms with van der Waals surface area (Å²) in [6.07, 6.45) is 8.65. The molecule has 6 rings (SSSR count). The number of fused-ring (bicyclic) bond motifs is 2. The number of unbranched alkanes of at least 4 members (excludes halogenated alkanes) is 3. The smallest absolute Gasteiger partial charge is 0.246 e. The molecule has 0 bridgehead atoms. The number of aryl methyl sites for hydroxylation is 2. The minimum absolute atomic E-state index is 0.111. The summed E-state index contributed by atoms with van der Waals surface area (Å²) in [5.41, 5.74) is 3.16. The third-order valence-electron chi connectivity index (χ3n) is 15.9. The maximum absolute atomic E-state index is 14.5. The van der Waals surface area contributed by atoms with E-state index in [2.05, 4.69) is 54.7 Å². The van der Waals surface area contributed by atoms with Gasteiger partial charge in [0.25, 0.3) is 0 Å². The zero-order valence-electron chi connectivity index (χ0n) is 46.9. The molecule has 18 nitrogen and oxygen atoms in total. The first kappa shape index (κ1) is 59.4. The Hall–Kier alpha value is -5.88. The second kappa shape index (κ2) is 26.4. The Morgan fingerprint density at radius 2 is 0.908 bits per heavy atom. The summed E-state index contributed by atoms with van der Waals surface area (Å²) in [6, 6.07) is 10.1. The number of benzene rings is 2. The lowest BCUT2D eigenvalue weighted by atomic mass is 9.85. The summed E-state index contributed by atoms with van der Waals surface area (Å²) in [6.45, 7) is 14.9. The average molecular weight is 1050 g/mol. The fourth-order valence-corrected chi connectivity index (χ4v) is 11.2. The van der Waals surface area contributed by atoms with Crippen LogP contribution in [0.1, 0.15) is 167 Å². The second-order valence-electron chi connectivity index (χ2n) is 23.9. The molecule has 76 heavy (non-hydrogen) atoms. The SMILES string of the molecule is CN[C@@H](C)C(=O)N[C@H](C(=O)N1C[C@@H](NC(=O)CCCCCCC(=O)N[C@H]2C[C@@H](C(=O)N[C@@H]3CCCc4ccccc43)N(C(=O)[C@@H](NC(=O)[C@H](C)NC)C(C)(C)C)C2)C[C@H]1C(=O)N[C@@H]1CCCc2ccccc21)C(C)(C)C. The lowest BCUT2D eigenvalue weighted by Gasteiger charge is -2.36. The van der Waals surface area contributed by atoms with Crippen LogP contribution in [0.2, 0.25) is 0 Å². The van der Waals surface area contributed by atoms with Crippen molar-refractivity contribution in [1.29, 1.82) is 0 Å². The number of hydrogen-bond acceptors (Lipinski definition) is 10. The number of amides is 8. The van der Waals surface area contributed by atoms with Gasteiger partial charge in [-0.25, -0.2) is 0 Å². The number of nitrogens with one attached hydrogen (secondary N) is 8. The van der Waals surface area contributed by atoms with Gasteiger partial charge in [-0.05, 0) is 125 Å². The van der Waals surface area contributed by atoms with E-state index in [9.17, 15) is 38.4 Å². The zero-order chi connectivity index (χ0) is 55.5. The van der Waals surface area contributed by atoms with E-state index in [-0.39, 0.29) is 98.1 Å². The summed E-state index contributed by atoms with van der Waals surface area (Å²) in [5, 5.41) is 24.3. The molecule has 2 saturated heterocycles. The van der Waals surface area contributed by atoms with Crippen molar-refractivity contribution in [1.82, 2.24) is 52.3 Å². The summed E-state index contributed by atoms with van der Waals surface area (Å²) >= 11 is 0. The van der Waals surface area contributed by atoms with Gasteiger partial charge >= 0.3 is 0 Å². The summed E-state index contributed by atoms with van der Waals surface area (Å²) in [4.78, 5) is 114. The van der Waals surface area contributed by atoms with Gasteiger partial charge in [0, 0.05) is 38.0 Å². The van der Waals surface area contributed by atoms with Crippen molar-refractivity contribution in [3.63, 3.8) is 0 Å². The number of likely N-dealkylation sites (tertiary alicyclic amines) is 2. The highest BCUT2D eigenvalue weighted by Gasteiger charge is 2.48. The van der Waals surface area contributed by atoms with Crippen molar-refractivity contribution in [2.75, 3.05) is 27.2 Å². The number of carbonyl (C=O) groups is 8. The third kappa shape index (κ3) is 15.4. The number of rotatable bonds is 21.